The molecule has 0 aliphatic carbocycles. The van der Waals surface area contributed by atoms with E-state index in [1.54, 1.807) is 24.3 Å². The molecule has 0 bridgehead atoms. The van der Waals surface area contributed by atoms with Crippen LogP contribution in [0.15, 0.2) is 36.0 Å². The van der Waals surface area contributed by atoms with E-state index in [4.69, 9.17) is 16.9 Å². The van der Waals surface area contributed by atoms with Gasteiger partial charge in [0, 0.05) is 23.0 Å². The Kier molecular flexibility index (Phi) is 5.91. The zero-order valence-corrected chi connectivity index (χ0v) is 11.7. The predicted molar refractivity (Wildman–Crippen MR) is 76.7 cm³/mol. The Morgan fingerprint density at radius 2 is 2.11 bits per heavy atom. The number of carbonyl (C=O) groups is 1. The zero-order valence-electron chi connectivity index (χ0n) is 10.9. The van der Waals surface area contributed by atoms with Crippen molar-refractivity contribution in [1.29, 1.82) is 5.26 Å². The summed E-state index contributed by atoms with van der Waals surface area (Å²) in [5.41, 5.74) is 0.634. The van der Waals surface area contributed by atoms with Crippen LogP contribution < -0.4 is 10.6 Å². The first-order valence-corrected chi connectivity index (χ1v) is 6.37. The number of hydrogen-bond acceptors (Lipinski definition) is 3. The molecule has 0 saturated heterocycles. The monoisotopic (exact) mass is 277 g/mol. The first-order chi connectivity index (χ1) is 9.06. The van der Waals surface area contributed by atoms with Crippen LogP contribution in [0.25, 0.3) is 0 Å². The predicted octanol–water partition coefficient (Wildman–Crippen LogP) is 3.07. The van der Waals surface area contributed by atoms with Gasteiger partial charge in [-0.25, -0.2) is 0 Å². The summed E-state index contributed by atoms with van der Waals surface area (Å²) in [5.74, 6) is -0.444. The average molecular weight is 278 g/mol. The van der Waals surface area contributed by atoms with E-state index < -0.39 is 5.91 Å². The molecule has 0 saturated carbocycles. The third kappa shape index (κ3) is 5.02. The van der Waals surface area contributed by atoms with E-state index in [1.807, 2.05) is 19.9 Å². The second-order valence-corrected chi connectivity index (χ2v) is 4.54. The minimum absolute atomic E-state index is 0.0373. The number of nitriles is 1. The van der Waals surface area contributed by atoms with E-state index >= 15 is 0 Å². The van der Waals surface area contributed by atoms with Crippen molar-refractivity contribution in [2.75, 3.05) is 5.32 Å². The summed E-state index contributed by atoms with van der Waals surface area (Å²) in [7, 11) is 0. The summed E-state index contributed by atoms with van der Waals surface area (Å²) in [4.78, 5) is 11.9. The van der Waals surface area contributed by atoms with Gasteiger partial charge in [0.2, 0.25) is 0 Å². The molecule has 2 N–H and O–H groups in total. The fourth-order valence-corrected chi connectivity index (χ4v) is 1.35. The van der Waals surface area contributed by atoms with Crippen molar-refractivity contribution < 1.29 is 4.79 Å². The van der Waals surface area contributed by atoms with Gasteiger partial charge in [-0.1, -0.05) is 18.5 Å². The van der Waals surface area contributed by atoms with Gasteiger partial charge < -0.3 is 10.6 Å². The number of amides is 1. The maximum atomic E-state index is 11.9. The van der Waals surface area contributed by atoms with Crippen molar-refractivity contribution in [2.45, 2.75) is 26.3 Å². The highest BCUT2D eigenvalue weighted by molar-refractivity contribution is 6.30. The number of carbonyl (C=O) groups excluding carboxylic acids is 1. The van der Waals surface area contributed by atoms with E-state index in [0.29, 0.717) is 10.7 Å². The topological polar surface area (TPSA) is 64.9 Å². The summed E-state index contributed by atoms with van der Waals surface area (Å²) < 4.78 is 0. The van der Waals surface area contributed by atoms with E-state index in [0.717, 1.165) is 6.42 Å². The maximum absolute atomic E-state index is 11.9. The fraction of sp³-hybridized carbons (Fsp3) is 0.286. The van der Waals surface area contributed by atoms with Crippen LogP contribution in [-0.4, -0.2) is 11.9 Å². The van der Waals surface area contributed by atoms with Gasteiger partial charge in [-0.05, 0) is 37.6 Å². The number of anilines is 1. The molecule has 0 radical (unpaired) electrons. The Morgan fingerprint density at radius 1 is 1.47 bits per heavy atom. The van der Waals surface area contributed by atoms with Crippen LogP contribution in [0.4, 0.5) is 5.69 Å². The lowest BCUT2D eigenvalue weighted by Gasteiger charge is -2.09. The quantitative estimate of drug-likeness (QED) is 0.642. The van der Waals surface area contributed by atoms with Crippen molar-refractivity contribution in [2.24, 2.45) is 0 Å². The van der Waals surface area contributed by atoms with Gasteiger partial charge in [0.15, 0.2) is 0 Å². The standard InChI is InChI=1S/C14H16ClN3O/c1-3-10(2)17-9-11(8-16)14(19)18-13-6-4-12(15)5-7-13/h4-7,9-10,17H,3H2,1-2H3,(H,18,19)/b11-9-. The van der Waals surface area contributed by atoms with Gasteiger partial charge >= 0.3 is 0 Å². The molecule has 0 heterocycles. The first kappa shape index (κ1) is 15.1. The number of nitrogens with one attached hydrogen (secondary N) is 2. The lowest BCUT2D eigenvalue weighted by atomic mass is 10.2. The zero-order chi connectivity index (χ0) is 14.3. The molecule has 0 aliphatic rings. The molecular weight excluding hydrogens is 262 g/mol. The highest BCUT2D eigenvalue weighted by Gasteiger charge is 2.09. The van der Waals surface area contributed by atoms with Crippen molar-refractivity contribution >= 4 is 23.2 Å². The summed E-state index contributed by atoms with van der Waals surface area (Å²) >= 11 is 5.75. The van der Waals surface area contributed by atoms with E-state index in [9.17, 15) is 4.79 Å². The molecule has 19 heavy (non-hydrogen) atoms. The molecule has 0 aliphatic heterocycles. The van der Waals surface area contributed by atoms with Crippen molar-refractivity contribution in [3.8, 4) is 6.07 Å². The summed E-state index contributed by atoms with van der Waals surface area (Å²) in [6, 6.07) is 8.79. The Balaban J connectivity index is 2.69. The van der Waals surface area contributed by atoms with Crippen LogP contribution in [0.1, 0.15) is 20.3 Å². The molecule has 0 fully saturated rings. The Labute approximate surface area is 118 Å². The summed E-state index contributed by atoms with van der Waals surface area (Å²) in [5, 5.41) is 15.2. The van der Waals surface area contributed by atoms with Gasteiger partial charge in [-0.3, -0.25) is 4.79 Å². The second-order valence-electron chi connectivity index (χ2n) is 4.11. The maximum Gasteiger partial charge on any atom is 0.267 e. The number of benzene rings is 1. The molecular formula is C14H16ClN3O. The molecule has 100 valence electrons. The molecule has 4 nitrogen and oxygen atoms in total. The van der Waals surface area contributed by atoms with Crippen molar-refractivity contribution in [3.05, 3.63) is 41.1 Å². The van der Waals surface area contributed by atoms with Gasteiger partial charge in [0.1, 0.15) is 11.6 Å². The van der Waals surface area contributed by atoms with E-state index in [2.05, 4.69) is 10.6 Å². The van der Waals surface area contributed by atoms with Gasteiger partial charge in [0.05, 0.1) is 0 Å². The highest BCUT2D eigenvalue weighted by Crippen LogP contribution is 2.14. The largest absolute Gasteiger partial charge is 0.387 e. The molecule has 1 amide bonds. The fourth-order valence-electron chi connectivity index (χ4n) is 1.22. The third-order valence-corrected chi connectivity index (χ3v) is 2.84. The molecule has 0 spiro atoms. The molecule has 1 aromatic carbocycles. The van der Waals surface area contributed by atoms with E-state index in [1.165, 1.54) is 6.20 Å². The molecule has 1 rings (SSSR count). The highest BCUT2D eigenvalue weighted by atomic mass is 35.5. The van der Waals surface area contributed by atoms with Crippen LogP contribution >= 0.6 is 11.6 Å². The molecule has 1 atom stereocenters. The van der Waals surface area contributed by atoms with Gasteiger partial charge in [-0.2, -0.15) is 5.26 Å². The molecule has 1 aromatic rings. The molecule has 1 unspecified atom stereocenters. The Morgan fingerprint density at radius 3 is 2.63 bits per heavy atom. The Hall–Kier alpha value is -1.99. The normalized spacial score (nSPS) is 12.4. The number of halogens is 1. The minimum atomic E-state index is -0.444. The van der Waals surface area contributed by atoms with Crippen LogP contribution in [0.2, 0.25) is 5.02 Å². The summed E-state index contributed by atoms with van der Waals surface area (Å²) in [6.45, 7) is 3.99. The van der Waals surface area contributed by atoms with Crippen LogP contribution in [0.3, 0.4) is 0 Å². The minimum Gasteiger partial charge on any atom is -0.387 e. The van der Waals surface area contributed by atoms with Crippen molar-refractivity contribution in [3.63, 3.8) is 0 Å². The van der Waals surface area contributed by atoms with Crippen LogP contribution in [-0.2, 0) is 4.79 Å². The van der Waals surface area contributed by atoms with Crippen LogP contribution in [0.5, 0.6) is 0 Å². The first-order valence-electron chi connectivity index (χ1n) is 6.00. The molecule has 0 aromatic heterocycles. The average Bonchev–Trinajstić information content (AvgIpc) is 2.41. The smallest absolute Gasteiger partial charge is 0.267 e. The van der Waals surface area contributed by atoms with Crippen molar-refractivity contribution in [1.82, 2.24) is 5.32 Å². The van der Waals surface area contributed by atoms with E-state index in [-0.39, 0.29) is 11.6 Å². The SMILES string of the molecule is CCC(C)N/C=C(/C#N)C(=O)Nc1ccc(Cl)cc1. The van der Waals surface area contributed by atoms with Gasteiger partial charge in [-0.15, -0.1) is 0 Å². The lowest BCUT2D eigenvalue weighted by molar-refractivity contribution is -0.112. The lowest BCUT2D eigenvalue weighted by Crippen LogP contribution is -2.22. The second kappa shape index (κ2) is 7.45. The summed E-state index contributed by atoms with van der Waals surface area (Å²) in [6.07, 6.45) is 2.35. The van der Waals surface area contributed by atoms with Crippen LogP contribution in [0, 0.1) is 11.3 Å². The Bertz CT molecular complexity index is 502. The molecule has 5 heteroatoms. The number of rotatable bonds is 5. The third-order valence-electron chi connectivity index (χ3n) is 2.59. The van der Waals surface area contributed by atoms with Gasteiger partial charge in [0.25, 0.3) is 5.91 Å². The number of hydrogen-bond donors (Lipinski definition) is 2. The number of nitrogens with zero attached hydrogens (tertiary/aromatic N) is 1.